The zero-order chi connectivity index (χ0) is 22.5. The lowest BCUT2D eigenvalue weighted by Gasteiger charge is -2.35. The van der Waals surface area contributed by atoms with E-state index >= 15 is 0 Å². The van der Waals surface area contributed by atoms with Gasteiger partial charge in [0.25, 0.3) is 0 Å². The topological polar surface area (TPSA) is 81.8 Å². The number of anilines is 2. The number of benzene rings is 2. The summed E-state index contributed by atoms with van der Waals surface area (Å²) in [5.41, 5.74) is 3.45. The number of carbonyl (C=O) groups excluding carboxylic acids is 3. The van der Waals surface area contributed by atoms with Crippen LogP contribution in [0.1, 0.15) is 28.4 Å². The van der Waals surface area contributed by atoms with E-state index in [1.165, 1.54) is 13.0 Å². The first kappa shape index (κ1) is 22.4. The van der Waals surface area contributed by atoms with Crippen LogP contribution in [0.3, 0.4) is 0 Å². The zero-order valence-electron chi connectivity index (χ0n) is 18.0. The molecule has 1 aliphatic heterocycles. The van der Waals surface area contributed by atoms with Gasteiger partial charge in [0.05, 0.1) is 12.2 Å². The third-order valence-electron chi connectivity index (χ3n) is 5.32. The first-order valence-corrected chi connectivity index (χ1v) is 10.2. The maximum absolute atomic E-state index is 14.4. The second-order valence-electron chi connectivity index (χ2n) is 7.81. The number of imide groups is 1. The van der Waals surface area contributed by atoms with Crippen molar-refractivity contribution in [2.24, 2.45) is 0 Å². The monoisotopic (exact) mass is 426 g/mol. The molecular weight excluding hydrogens is 399 g/mol. The Morgan fingerprint density at radius 1 is 1.00 bits per heavy atom. The fourth-order valence-electron chi connectivity index (χ4n) is 3.61. The van der Waals surface area contributed by atoms with Gasteiger partial charge in [-0.15, -0.1) is 0 Å². The molecule has 0 atom stereocenters. The minimum absolute atomic E-state index is 0.0832. The summed E-state index contributed by atoms with van der Waals surface area (Å²) in [4.78, 5) is 39.5. The predicted molar refractivity (Wildman–Crippen MR) is 118 cm³/mol. The minimum atomic E-state index is -0.566. The first-order chi connectivity index (χ1) is 14.7. The zero-order valence-corrected chi connectivity index (χ0v) is 18.0. The number of rotatable bonds is 5. The van der Waals surface area contributed by atoms with Gasteiger partial charge in [0.2, 0.25) is 5.91 Å². The molecule has 0 unspecified atom stereocenters. The molecule has 1 fully saturated rings. The highest BCUT2D eigenvalue weighted by Gasteiger charge is 2.22. The third kappa shape index (κ3) is 5.88. The molecule has 164 valence electrons. The molecule has 0 spiro atoms. The molecule has 0 aliphatic carbocycles. The van der Waals surface area contributed by atoms with E-state index in [2.05, 4.69) is 10.6 Å². The Morgan fingerprint density at radius 3 is 2.32 bits per heavy atom. The van der Waals surface area contributed by atoms with Gasteiger partial charge >= 0.3 is 6.03 Å². The number of nitrogens with zero attached hydrogens (tertiary/aromatic N) is 2. The van der Waals surface area contributed by atoms with Crippen LogP contribution in [0.25, 0.3) is 0 Å². The molecule has 1 aliphatic rings. The molecule has 8 heteroatoms. The van der Waals surface area contributed by atoms with Crippen molar-refractivity contribution in [2.75, 3.05) is 42.9 Å². The van der Waals surface area contributed by atoms with Crippen LogP contribution in [0.15, 0.2) is 36.4 Å². The summed E-state index contributed by atoms with van der Waals surface area (Å²) in [5, 5.41) is 5.04. The van der Waals surface area contributed by atoms with Gasteiger partial charge in [0.1, 0.15) is 5.82 Å². The number of hydrogen-bond acceptors (Lipinski definition) is 5. The Labute approximate surface area is 181 Å². The van der Waals surface area contributed by atoms with Gasteiger partial charge in [0, 0.05) is 37.4 Å². The summed E-state index contributed by atoms with van der Waals surface area (Å²) in [7, 11) is 0. The van der Waals surface area contributed by atoms with Crippen LogP contribution in [0.5, 0.6) is 0 Å². The maximum atomic E-state index is 14.4. The Balaban J connectivity index is 1.47. The fourth-order valence-corrected chi connectivity index (χ4v) is 3.61. The van der Waals surface area contributed by atoms with Crippen LogP contribution in [-0.4, -0.2) is 55.3 Å². The van der Waals surface area contributed by atoms with Crippen LogP contribution in [0.4, 0.5) is 20.6 Å². The van der Waals surface area contributed by atoms with Gasteiger partial charge in [0.15, 0.2) is 5.78 Å². The summed E-state index contributed by atoms with van der Waals surface area (Å²) >= 11 is 0. The van der Waals surface area contributed by atoms with Crippen LogP contribution in [0.2, 0.25) is 0 Å². The highest BCUT2D eigenvalue weighted by atomic mass is 19.1. The highest BCUT2D eigenvalue weighted by molar-refractivity contribution is 6.02. The van der Waals surface area contributed by atoms with Gasteiger partial charge < -0.3 is 10.2 Å². The summed E-state index contributed by atoms with van der Waals surface area (Å²) in [6, 6.07) is 9.57. The quantitative estimate of drug-likeness (QED) is 0.718. The summed E-state index contributed by atoms with van der Waals surface area (Å²) in [5.74, 6) is -1.00. The molecule has 2 N–H and O–H groups in total. The smallest absolute Gasteiger partial charge is 0.325 e. The molecule has 0 aromatic heterocycles. The van der Waals surface area contributed by atoms with E-state index in [4.69, 9.17) is 0 Å². The number of urea groups is 1. The van der Waals surface area contributed by atoms with Crippen molar-refractivity contribution in [3.05, 3.63) is 58.9 Å². The lowest BCUT2D eigenvalue weighted by molar-refractivity contribution is -0.121. The van der Waals surface area contributed by atoms with Gasteiger partial charge in [-0.3, -0.25) is 19.8 Å². The molecular formula is C23H27FN4O3. The Hall–Kier alpha value is -3.26. The van der Waals surface area contributed by atoms with Crippen LogP contribution >= 0.6 is 0 Å². The largest absolute Gasteiger partial charge is 0.367 e. The molecule has 0 saturated carbocycles. The Morgan fingerprint density at radius 2 is 1.71 bits per heavy atom. The van der Waals surface area contributed by atoms with E-state index in [9.17, 15) is 18.8 Å². The molecule has 2 aromatic carbocycles. The number of halogens is 1. The molecule has 7 nitrogen and oxygen atoms in total. The molecule has 3 amide bonds. The van der Waals surface area contributed by atoms with Crippen LogP contribution < -0.4 is 15.5 Å². The highest BCUT2D eigenvalue weighted by Crippen LogP contribution is 2.22. The van der Waals surface area contributed by atoms with Crippen molar-refractivity contribution >= 4 is 29.1 Å². The van der Waals surface area contributed by atoms with Crippen molar-refractivity contribution in [1.82, 2.24) is 10.2 Å². The average Bonchev–Trinajstić information content (AvgIpc) is 2.70. The summed E-state index contributed by atoms with van der Waals surface area (Å²) < 4.78 is 14.4. The van der Waals surface area contributed by atoms with E-state index in [0.29, 0.717) is 43.1 Å². The van der Waals surface area contributed by atoms with Crippen molar-refractivity contribution in [3.8, 4) is 0 Å². The van der Waals surface area contributed by atoms with Crippen molar-refractivity contribution in [1.29, 1.82) is 0 Å². The fraction of sp³-hybridized carbons (Fsp3) is 0.348. The van der Waals surface area contributed by atoms with E-state index in [1.54, 1.807) is 18.2 Å². The Bertz CT molecular complexity index is 1000. The van der Waals surface area contributed by atoms with Crippen molar-refractivity contribution < 1.29 is 18.8 Å². The second kappa shape index (κ2) is 9.70. The van der Waals surface area contributed by atoms with E-state index in [0.717, 1.165) is 11.1 Å². The molecule has 0 bridgehead atoms. The minimum Gasteiger partial charge on any atom is -0.367 e. The van der Waals surface area contributed by atoms with E-state index in [-0.39, 0.29) is 12.3 Å². The third-order valence-corrected chi connectivity index (χ3v) is 5.32. The van der Waals surface area contributed by atoms with Crippen LogP contribution in [0, 0.1) is 19.7 Å². The summed E-state index contributed by atoms with van der Waals surface area (Å²) in [6.07, 6.45) is 0. The van der Waals surface area contributed by atoms with Gasteiger partial charge in [-0.25, -0.2) is 9.18 Å². The number of ketones is 1. The number of piperazine rings is 1. The number of amides is 3. The number of hydrogen-bond donors (Lipinski definition) is 2. The van der Waals surface area contributed by atoms with Crippen molar-refractivity contribution in [3.63, 3.8) is 0 Å². The number of aryl methyl sites for hydroxylation is 2. The average molecular weight is 426 g/mol. The predicted octanol–water partition coefficient (Wildman–Crippen LogP) is 3.12. The standard InChI is InChI=1S/C23H27FN4O3/c1-15-4-6-20(16(2)12-15)25-23(31)26-22(30)14-27-8-10-28(11-9-27)21-7-5-18(17(3)29)13-19(21)24/h4-7,12-13H,8-11,14H2,1-3H3,(H2,25,26,30,31). The molecule has 0 radical (unpaired) electrons. The summed E-state index contributed by atoms with van der Waals surface area (Å²) in [6.45, 7) is 7.53. The molecule has 2 aromatic rings. The lowest BCUT2D eigenvalue weighted by Crippen LogP contribution is -2.50. The Kier molecular flexibility index (Phi) is 7.02. The van der Waals surface area contributed by atoms with Crippen LogP contribution in [-0.2, 0) is 4.79 Å². The maximum Gasteiger partial charge on any atom is 0.325 e. The lowest BCUT2D eigenvalue weighted by atomic mass is 10.1. The SMILES string of the molecule is CC(=O)c1ccc(N2CCN(CC(=O)NC(=O)Nc3ccc(C)cc3C)CC2)c(F)c1. The number of nitrogens with one attached hydrogen (secondary N) is 2. The van der Waals surface area contributed by atoms with E-state index < -0.39 is 17.8 Å². The molecule has 3 rings (SSSR count). The molecule has 31 heavy (non-hydrogen) atoms. The number of carbonyl (C=O) groups is 3. The normalized spacial score (nSPS) is 14.3. The van der Waals surface area contributed by atoms with Crippen molar-refractivity contribution in [2.45, 2.75) is 20.8 Å². The van der Waals surface area contributed by atoms with Gasteiger partial charge in [-0.05, 0) is 50.6 Å². The molecule has 1 heterocycles. The van der Waals surface area contributed by atoms with E-state index in [1.807, 2.05) is 35.8 Å². The second-order valence-corrected chi connectivity index (χ2v) is 7.81. The molecule has 1 saturated heterocycles. The van der Waals surface area contributed by atoms with Gasteiger partial charge in [-0.2, -0.15) is 0 Å². The van der Waals surface area contributed by atoms with Gasteiger partial charge in [-0.1, -0.05) is 17.7 Å². The number of Topliss-reactive ketones (excluding diaryl/α,β-unsaturated/α-hetero) is 1. The first-order valence-electron chi connectivity index (χ1n) is 10.2.